The standard InChI is InChI=1S/C13H9F3N2O/c14-13(15,16)11-4-6-17-8-10(11)12(19)7-9-3-1-2-5-18-9/h1-6,8H,7H2. The average Bonchev–Trinajstić information content (AvgIpc) is 2.39. The molecule has 0 fully saturated rings. The summed E-state index contributed by atoms with van der Waals surface area (Å²) in [5.41, 5.74) is -0.978. The maximum atomic E-state index is 12.8. The van der Waals surface area contributed by atoms with Gasteiger partial charge < -0.3 is 0 Å². The summed E-state index contributed by atoms with van der Waals surface area (Å²) in [6, 6.07) is 5.72. The number of aromatic nitrogens is 2. The van der Waals surface area contributed by atoms with Gasteiger partial charge in [-0.3, -0.25) is 14.8 Å². The molecule has 19 heavy (non-hydrogen) atoms. The molecule has 0 aromatic carbocycles. The van der Waals surface area contributed by atoms with Gasteiger partial charge in [0.2, 0.25) is 0 Å². The van der Waals surface area contributed by atoms with E-state index >= 15 is 0 Å². The number of halogens is 3. The Kier molecular flexibility index (Phi) is 3.59. The number of carbonyl (C=O) groups is 1. The zero-order valence-corrected chi connectivity index (χ0v) is 9.69. The molecular formula is C13H9F3N2O. The monoisotopic (exact) mass is 266 g/mol. The highest BCUT2D eigenvalue weighted by atomic mass is 19.4. The van der Waals surface area contributed by atoms with Crippen LogP contribution in [-0.2, 0) is 12.6 Å². The van der Waals surface area contributed by atoms with Crippen molar-refractivity contribution < 1.29 is 18.0 Å². The molecule has 2 rings (SSSR count). The molecule has 0 aliphatic carbocycles. The zero-order chi connectivity index (χ0) is 13.9. The first-order valence-electron chi connectivity index (χ1n) is 5.43. The van der Waals surface area contributed by atoms with Crippen LogP contribution in [0.3, 0.4) is 0 Å². The lowest BCUT2D eigenvalue weighted by molar-refractivity contribution is -0.138. The Morgan fingerprint density at radius 1 is 1.16 bits per heavy atom. The summed E-state index contributed by atoms with van der Waals surface area (Å²) in [5.74, 6) is -0.654. The van der Waals surface area contributed by atoms with Crippen molar-refractivity contribution in [1.82, 2.24) is 9.97 Å². The van der Waals surface area contributed by atoms with Crippen molar-refractivity contribution >= 4 is 5.78 Å². The normalized spacial score (nSPS) is 11.3. The lowest BCUT2D eigenvalue weighted by Crippen LogP contribution is -2.15. The van der Waals surface area contributed by atoms with Gasteiger partial charge in [-0.25, -0.2) is 0 Å². The predicted octanol–water partition coefficient (Wildman–Crippen LogP) is 2.92. The van der Waals surface area contributed by atoms with Gasteiger partial charge in [0.25, 0.3) is 0 Å². The van der Waals surface area contributed by atoms with Crippen molar-refractivity contribution in [1.29, 1.82) is 0 Å². The molecule has 98 valence electrons. The van der Waals surface area contributed by atoms with Crippen LogP contribution in [0.15, 0.2) is 42.9 Å². The molecule has 0 spiro atoms. The first-order chi connectivity index (χ1) is 8.98. The zero-order valence-electron chi connectivity index (χ0n) is 9.69. The Hall–Kier alpha value is -2.24. The number of carbonyl (C=O) groups excluding carboxylic acids is 1. The van der Waals surface area contributed by atoms with Gasteiger partial charge in [0.1, 0.15) is 0 Å². The second kappa shape index (κ2) is 5.17. The lowest BCUT2D eigenvalue weighted by Gasteiger charge is -2.10. The van der Waals surface area contributed by atoms with E-state index in [1.54, 1.807) is 18.2 Å². The van der Waals surface area contributed by atoms with Crippen LogP contribution in [0.5, 0.6) is 0 Å². The van der Waals surface area contributed by atoms with Gasteiger partial charge in [-0.05, 0) is 18.2 Å². The molecule has 0 saturated heterocycles. The molecule has 2 aromatic heterocycles. The van der Waals surface area contributed by atoms with Crippen LogP contribution in [0.1, 0.15) is 21.6 Å². The molecule has 3 nitrogen and oxygen atoms in total. The van der Waals surface area contributed by atoms with E-state index in [-0.39, 0.29) is 6.42 Å². The third-order valence-corrected chi connectivity index (χ3v) is 2.49. The minimum absolute atomic E-state index is 0.185. The van der Waals surface area contributed by atoms with E-state index in [1.165, 1.54) is 6.20 Å². The summed E-state index contributed by atoms with van der Waals surface area (Å²) in [6.45, 7) is 0. The molecule has 0 radical (unpaired) electrons. The van der Waals surface area contributed by atoms with E-state index in [4.69, 9.17) is 0 Å². The average molecular weight is 266 g/mol. The number of Topliss-reactive ketones (excluding diaryl/α,β-unsaturated/α-hetero) is 1. The van der Waals surface area contributed by atoms with Crippen molar-refractivity contribution in [2.24, 2.45) is 0 Å². The quantitative estimate of drug-likeness (QED) is 0.802. The summed E-state index contributed by atoms with van der Waals surface area (Å²) in [7, 11) is 0. The summed E-state index contributed by atoms with van der Waals surface area (Å²) in [4.78, 5) is 19.4. The summed E-state index contributed by atoms with van der Waals surface area (Å²) < 4.78 is 38.3. The van der Waals surface area contributed by atoms with Gasteiger partial charge in [0.15, 0.2) is 5.78 Å². The fraction of sp³-hybridized carbons (Fsp3) is 0.154. The Bertz CT molecular complexity index is 582. The summed E-state index contributed by atoms with van der Waals surface area (Å²) in [5, 5.41) is 0. The van der Waals surface area contributed by atoms with Crippen molar-refractivity contribution in [3.05, 3.63) is 59.7 Å². The van der Waals surface area contributed by atoms with Gasteiger partial charge in [-0.15, -0.1) is 0 Å². The molecule has 0 saturated carbocycles. The maximum absolute atomic E-state index is 12.8. The largest absolute Gasteiger partial charge is 0.417 e. The SMILES string of the molecule is O=C(Cc1ccccn1)c1cnccc1C(F)(F)F. The van der Waals surface area contributed by atoms with E-state index in [9.17, 15) is 18.0 Å². The minimum atomic E-state index is -4.57. The molecule has 2 heterocycles. The molecule has 0 aliphatic rings. The van der Waals surface area contributed by atoms with Gasteiger partial charge >= 0.3 is 6.18 Å². The van der Waals surface area contributed by atoms with E-state index in [2.05, 4.69) is 9.97 Å². The van der Waals surface area contributed by atoms with Crippen molar-refractivity contribution in [3.63, 3.8) is 0 Å². The summed E-state index contributed by atoms with van der Waals surface area (Å²) in [6.07, 6.45) is -1.32. The molecule has 0 aliphatic heterocycles. The van der Waals surface area contributed by atoms with Crippen LogP contribution in [0.2, 0.25) is 0 Å². The van der Waals surface area contributed by atoms with Crippen molar-refractivity contribution in [3.8, 4) is 0 Å². The number of rotatable bonds is 3. The molecule has 0 atom stereocenters. The topological polar surface area (TPSA) is 42.9 Å². The number of alkyl halides is 3. The predicted molar refractivity (Wildman–Crippen MR) is 61.5 cm³/mol. The van der Waals surface area contributed by atoms with Gasteiger partial charge in [-0.1, -0.05) is 6.07 Å². The molecule has 2 aromatic rings. The second-order valence-corrected chi connectivity index (χ2v) is 3.84. The molecular weight excluding hydrogens is 257 g/mol. The molecule has 6 heteroatoms. The van der Waals surface area contributed by atoms with E-state index in [0.29, 0.717) is 5.69 Å². The van der Waals surface area contributed by atoms with Gasteiger partial charge in [0, 0.05) is 29.8 Å². The highest BCUT2D eigenvalue weighted by Crippen LogP contribution is 2.31. The first kappa shape index (κ1) is 13.2. The second-order valence-electron chi connectivity index (χ2n) is 3.84. The third-order valence-electron chi connectivity index (χ3n) is 2.49. The highest BCUT2D eigenvalue weighted by molar-refractivity contribution is 5.98. The smallest absolute Gasteiger partial charge is 0.294 e. The third kappa shape index (κ3) is 3.15. The number of nitrogens with zero attached hydrogens (tertiary/aromatic N) is 2. The number of pyridine rings is 2. The molecule has 0 bridgehead atoms. The Morgan fingerprint density at radius 2 is 1.95 bits per heavy atom. The van der Waals surface area contributed by atoms with Crippen LogP contribution in [0.25, 0.3) is 0 Å². The van der Waals surface area contributed by atoms with Gasteiger partial charge in [-0.2, -0.15) is 13.2 Å². The van der Waals surface area contributed by atoms with Crippen LogP contribution in [-0.4, -0.2) is 15.8 Å². The van der Waals surface area contributed by atoms with Crippen LogP contribution in [0, 0.1) is 0 Å². The van der Waals surface area contributed by atoms with E-state index < -0.39 is 23.1 Å². The van der Waals surface area contributed by atoms with Crippen molar-refractivity contribution in [2.75, 3.05) is 0 Å². The minimum Gasteiger partial charge on any atom is -0.294 e. The Morgan fingerprint density at radius 3 is 2.58 bits per heavy atom. The number of hydrogen-bond acceptors (Lipinski definition) is 3. The van der Waals surface area contributed by atoms with Crippen molar-refractivity contribution in [2.45, 2.75) is 12.6 Å². The van der Waals surface area contributed by atoms with Gasteiger partial charge in [0.05, 0.1) is 12.0 Å². The molecule has 0 unspecified atom stereocenters. The highest BCUT2D eigenvalue weighted by Gasteiger charge is 2.35. The molecule has 0 N–H and O–H groups in total. The van der Waals surface area contributed by atoms with Crippen LogP contribution < -0.4 is 0 Å². The van der Waals surface area contributed by atoms with Crippen LogP contribution >= 0.6 is 0 Å². The molecule has 0 amide bonds. The fourth-order valence-corrected chi connectivity index (χ4v) is 1.63. The van der Waals surface area contributed by atoms with E-state index in [0.717, 1.165) is 18.5 Å². The lowest BCUT2D eigenvalue weighted by atomic mass is 10.0. The fourth-order valence-electron chi connectivity index (χ4n) is 1.63. The summed E-state index contributed by atoms with van der Waals surface area (Å²) >= 11 is 0. The van der Waals surface area contributed by atoms with Crippen LogP contribution in [0.4, 0.5) is 13.2 Å². The number of ketones is 1. The Labute approximate surface area is 107 Å². The first-order valence-corrected chi connectivity index (χ1v) is 5.43. The number of hydrogen-bond donors (Lipinski definition) is 0. The maximum Gasteiger partial charge on any atom is 0.417 e. The Balaban J connectivity index is 2.30. The van der Waals surface area contributed by atoms with E-state index in [1.807, 2.05) is 0 Å².